The van der Waals surface area contributed by atoms with Gasteiger partial charge in [0.15, 0.2) is 0 Å². The summed E-state index contributed by atoms with van der Waals surface area (Å²) in [5.41, 5.74) is 1.34. The number of rotatable bonds is 3. The van der Waals surface area contributed by atoms with Crippen molar-refractivity contribution in [3.8, 4) is 0 Å². The van der Waals surface area contributed by atoms with Crippen molar-refractivity contribution >= 4 is 17.5 Å². The van der Waals surface area contributed by atoms with Gasteiger partial charge in [-0.05, 0) is 37.0 Å². The first-order valence-electron chi connectivity index (χ1n) is 7.94. The summed E-state index contributed by atoms with van der Waals surface area (Å²) >= 11 is 0. The van der Waals surface area contributed by atoms with Gasteiger partial charge in [0.1, 0.15) is 11.5 Å². The van der Waals surface area contributed by atoms with Crippen molar-refractivity contribution in [2.75, 3.05) is 13.6 Å². The van der Waals surface area contributed by atoms with Crippen LogP contribution in [-0.2, 0) is 16.0 Å². The van der Waals surface area contributed by atoms with Crippen LogP contribution >= 0.6 is 0 Å². The first kappa shape index (κ1) is 15.6. The minimum atomic E-state index is -0.254. The minimum absolute atomic E-state index is 0.0648. The Morgan fingerprint density at radius 3 is 2.96 bits per heavy atom. The third kappa shape index (κ3) is 3.41. The highest BCUT2D eigenvalue weighted by Gasteiger charge is 2.33. The van der Waals surface area contributed by atoms with Gasteiger partial charge < -0.3 is 4.90 Å². The zero-order valence-electron chi connectivity index (χ0n) is 13.2. The number of hydrogen-bond donors (Lipinski definition) is 0. The number of carbonyl (C=O) groups is 2. The van der Waals surface area contributed by atoms with E-state index in [2.05, 4.69) is 5.10 Å². The molecule has 5 nitrogen and oxygen atoms in total. The lowest BCUT2D eigenvalue weighted by Crippen LogP contribution is -2.43. The van der Waals surface area contributed by atoms with Crippen molar-refractivity contribution in [3.63, 3.8) is 0 Å². The van der Waals surface area contributed by atoms with Gasteiger partial charge in [-0.25, -0.2) is 9.40 Å². The summed E-state index contributed by atoms with van der Waals surface area (Å²) in [5, 5.41) is 5.36. The second-order valence-corrected chi connectivity index (χ2v) is 6.09. The van der Waals surface area contributed by atoms with Gasteiger partial charge in [0.05, 0.1) is 0 Å². The van der Waals surface area contributed by atoms with E-state index in [4.69, 9.17) is 0 Å². The van der Waals surface area contributed by atoms with Gasteiger partial charge in [0.25, 0.3) is 5.91 Å². The van der Waals surface area contributed by atoms with Crippen molar-refractivity contribution < 1.29 is 14.0 Å². The minimum Gasteiger partial charge on any atom is -0.334 e. The number of hydrazone groups is 1. The Morgan fingerprint density at radius 2 is 2.22 bits per heavy atom. The molecule has 23 heavy (non-hydrogen) atoms. The molecule has 1 aromatic rings. The second-order valence-electron chi connectivity index (χ2n) is 6.09. The maximum atomic E-state index is 13.3. The monoisotopic (exact) mass is 317 g/mol. The lowest BCUT2D eigenvalue weighted by molar-refractivity contribution is -0.130. The Kier molecular flexibility index (Phi) is 4.41. The summed E-state index contributed by atoms with van der Waals surface area (Å²) in [6.07, 6.45) is 3.21. The highest BCUT2D eigenvalue weighted by Crippen LogP contribution is 2.23. The molecule has 2 aliphatic heterocycles. The van der Waals surface area contributed by atoms with E-state index in [1.807, 2.05) is 11.0 Å². The SMILES string of the molecule is CN1N=C(C(=O)N2CCC[C@H]2Cc2cccc(F)c2)CCC1=O. The normalized spacial score (nSPS) is 21.6. The fraction of sp³-hybridized carbons (Fsp3) is 0.471. The fourth-order valence-corrected chi connectivity index (χ4v) is 3.24. The van der Waals surface area contributed by atoms with E-state index >= 15 is 0 Å². The van der Waals surface area contributed by atoms with Crippen LogP contribution in [0, 0.1) is 5.82 Å². The van der Waals surface area contributed by atoms with E-state index in [0.29, 0.717) is 31.5 Å². The van der Waals surface area contributed by atoms with E-state index in [-0.39, 0.29) is 23.7 Å². The number of halogens is 1. The quantitative estimate of drug-likeness (QED) is 0.856. The standard InChI is InChI=1S/C17H20FN3O2/c1-20-16(22)8-7-15(19-20)17(23)21-9-3-6-14(21)11-12-4-2-5-13(18)10-12/h2,4-5,10,14H,3,6-9,11H2,1H3/t14-/m0/s1. The van der Waals surface area contributed by atoms with E-state index in [0.717, 1.165) is 18.4 Å². The van der Waals surface area contributed by atoms with Crippen LogP contribution in [0.25, 0.3) is 0 Å². The van der Waals surface area contributed by atoms with Crippen LogP contribution in [0.2, 0.25) is 0 Å². The summed E-state index contributed by atoms with van der Waals surface area (Å²) in [7, 11) is 1.57. The van der Waals surface area contributed by atoms with Gasteiger partial charge in [0.2, 0.25) is 5.91 Å². The molecule has 122 valence electrons. The maximum Gasteiger partial charge on any atom is 0.270 e. The molecule has 2 heterocycles. The van der Waals surface area contributed by atoms with Gasteiger partial charge >= 0.3 is 0 Å². The first-order chi connectivity index (χ1) is 11.0. The van der Waals surface area contributed by atoms with E-state index < -0.39 is 0 Å². The summed E-state index contributed by atoms with van der Waals surface area (Å²) in [6.45, 7) is 0.690. The Labute approximate surface area is 134 Å². The molecule has 1 atom stereocenters. The fourth-order valence-electron chi connectivity index (χ4n) is 3.24. The maximum absolute atomic E-state index is 13.3. The molecule has 6 heteroatoms. The van der Waals surface area contributed by atoms with Gasteiger partial charge in [-0.2, -0.15) is 5.10 Å². The summed E-state index contributed by atoms with van der Waals surface area (Å²) in [4.78, 5) is 26.0. The largest absolute Gasteiger partial charge is 0.334 e. The molecular formula is C17H20FN3O2. The first-order valence-corrected chi connectivity index (χ1v) is 7.94. The van der Waals surface area contributed by atoms with E-state index in [1.165, 1.54) is 17.1 Å². The molecule has 0 N–H and O–H groups in total. The number of hydrogen-bond acceptors (Lipinski definition) is 3. The van der Waals surface area contributed by atoms with Crippen molar-refractivity contribution in [1.29, 1.82) is 0 Å². The van der Waals surface area contributed by atoms with E-state index in [1.54, 1.807) is 13.1 Å². The molecule has 2 amide bonds. The van der Waals surface area contributed by atoms with Crippen molar-refractivity contribution in [2.24, 2.45) is 5.10 Å². The molecule has 0 spiro atoms. The highest BCUT2D eigenvalue weighted by atomic mass is 19.1. The topological polar surface area (TPSA) is 53.0 Å². The Morgan fingerprint density at radius 1 is 1.39 bits per heavy atom. The van der Waals surface area contributed by atoms with E-state index in [9.17, 15) is 14.0 Å². The Bertz CT molecular complexity index is 659. The van der Waals surface area contributed by atoms with Crippen LogP contribution in [0.1, 0.15) is 31.2 Å². The molecule has 1 aromatic carbocycles. The van der Waals surface area contributed by atoms with Crippen molar-refractivity contribution in [2.45, 2.75) is 38.1 Å². The van der Waals surface area contributed by atoms with Gasteiger partial charge in [-0.15, -0.1) is 0 Å². The average Bonchev–Trinajstić information content (AvgIpc) is 2.97. The van der Waals surface area contributed by atoms with Crippen LogP contribution in [0.3, 0.4) is 0 Å². The number of benzene rings is 1. The Hall–Kier alpha value is -2.24. The lowest BCUT2D eigenvalue weighted by atomic mass is 10.0. The molecule has 0 unspecified atom stereocenters. The lowest BCUT2D eigenvalue weighted by Gasteiger charge is -2.27. The van der Waals surface area contributed by atoms with Crippen LogP contribution < -0.4 is 0 Å². The molecule has 0 aromatic heterocycles. The molecule has 3 rings (SSSR count). The van der Waals surface area contributed by atoms with Gasteiger partial charge in [-0.1, -0.05) is 12.1 Å². The van der Waals surface area contributed by atoms with Crippen LogP contribution in [0.4, 0.5) is 4.39 Å². The number of amides is 2. The van der Waals surface area contributed by atoms with Crippen molar-refractivity contribution in [1.82, 2.24) is 9.91 Å². The second kappa shape index (κ2) is 6.48. The molecule has 0 bridgehead atoms. The number of likely N-dealkylation sites (tertiary alicyclic amines) is 1. The molecule has 1 saturated heterocycles. The van der Waals surface area contributed by atoms with Gasteiger partial charge in [-0.3, -0.25) is 9.59 Å². The molecular weight excluding hydrogens is 297 g/mol. The van der Waals surface area contributed by atoms with Gasteiger partial charge in [0, 0.05) is 32.5 Å². The smallest absolute Gasteiger partial charge is 0.270 e. The average molecular weight is 317 g/mol. The molecule has 0 radical (unpaired) electrons. The predicted octanol–water partition coefficient (Wildman–Crippen LogP) is 1.97. The molecule has 0 aliphatic carbocycles. The highest BCUT2D eigenvalue weighted by molar-refractivity contribution is 6.39. The summed E-state index contributed by atoms with van der Waals surface area (Å²) < 4.78 is 13.3. The zero-order chi connectivity index (χ0) is 16.4. The molecule has 0 saturated carbocycles. The number of nitrogens with zero attached hydrogens (tertiary/aromatic N) is 3. The summed E-state index contributed by atoms with van der Waals surface area (Å²) in [5.74, 6) is -0.419. The van der Waals surface area contributed by atoms with Crippen LogP contribution in [-0.4, -0.2) is 47.1 Å². The third-order valence-corrected chi connectivity index (χ3v) is 4.45. The summed E-state index contributed by atoms with van der Waals surface area (Å²) in [6, 6.07) is 6.58. The zero-order valence-corrected chi connectivity index (χ0v) is 13.2. The Balaban J connectivity index is 1.72. The molecule has 2 aliphatic rings. The van der Waals surface area contributed by atoms with Crippen LogP contribution in [0.15, 0.2) is 29.4 Å². The number of carbonyl (C=O) groups excluding carboxylic acids is 2. The molecule has 1 fully saturated rings. The van der Waals surface area contributed by atoms with Crippen LogP contribution in [0.5, 0.6) is 0 Å². The van der Waals surface area contributed by atoms with Crippen molar-refractivity contribution in [3.05, 3.63) is 35.6 Å². The predicted molar refractivity (Wildman–Crippen MR) is 84.3 cm³/mol. The third-order valence-electron chi connectivity index (χ3n) is 4.45.